The first-order chi connectivity index (χ1) is 9.42. The van der Waals surface area contributed by atoms with Gasteiger partial charge in [-0.2, -0.15) is 0 Å². The minimum Gasteiger partial charge on any atom is -0.353 e. The van der Waals surface area contributed by atoms with E-state index in [0.29, 0.717) is 12.0 Å². The summed E-state index contributed by atoms with van der Waals surface area (Å²) in [5, 5.41) is 3.11. The molecule has 0 aromatic heterocycles. The first-order valence-electron chi connectivity index (χ1n) is 8.24. The molecule has 1 atom stereocenters. The van der Waals surface area contributed by atoms with E-state index >= 15 is 0 Å². The van der Waals surface area contributed by atoms with Crippen molar-refractivity contribution in [3.05, 3.63) is 0 Å². The maximum absolute atomic E-state index is 12.3. The van der Waals surface area contributed by atoms with Crippen LogP contribution in [0.25, 0.3) is 0 Å². The van der Waals surface area contributed by atoms with Crippen molar-refractivity contribution in [1.29, 1.82) is 0 Å². The van der Waals surface area contributed by atoms with Crippen LogP contribution in [0.3, 0.4) is 0 Å². The molecule has 134 valence electrons. The predicted octanol–water partition coefficient (Wildman–Crippen LogP) is 2.97. The number of halogens is 2. The van der Waals surface area contributed by atoms with E-state index < -0.39 is 5.54 Å². The van der Waals surface area contributed by atoms with Crippen molar-refractivity contribution < 1.29 is 4.79 Å². The second-order valence-corrected chi connectivity index (χ2v) is 6.58. The Kier molecular flexibility index (Phi) is 12.7. The van der Waals surface area contributed by atoms with E-state index in [2.05, 4.69) is 37.9 Å². The zero-order valence-corrected chi connectivity index (χ0v) is 16.2. The van der Waals surface area contributed by atoms with Gasteiger partial charge in [0, 0.05) is 12.6 Å². The average molecular weight is 356 g/mol. The van der Waals surface area contributed by atoms with Crippen molar-refractivity contribution >= 4 is 30.7 Å². The van der Waals surface area contributed by atoms with Gasteiger partial charge in [0.2, 0.25) is 5.91 Å². The summed E-state index contributed by atoms with van der Waals surface area (Å²) in [6.45, 7) is 11.6. The van der Waals surface area contributed by atoms with Crippen LogP contribution in [0.4, 0.5) is 0 Å². The lowest BCUT2D eigenvalue weighted by Crippen LogP contribution is -2.54. The monoisotopic (exact) mass is 355 g/mol. The first-order valence-corrected chi connectivity index (χ1v) is 8.24. The van der Waals surface area contributed by atoms with Crippen LogP contribution in [-0.4, -0.2) is 42.0 Å². The van der Waals surface area contributed by atoms with Crippen LogP contribution in [0.2, 0.25) is 0 Å². The van der Waals surface area contributed by atoms with Gasteiger partial charge in [-0.25, -0.2) is 0 Å². The molecule has 0 saturated heterocycles. The van der Waals surface area contributed by atoms with Gasteiger partial charge in [-0.15, -0.1) is 24.8 Å². The number of nitrogens with two attached hydrogens (primary N) is 1. The number of nitrogens with one attached hydrogen (secondary N) is 1. The van der Waals surface area contributed by atoms with Crippen molar-refractivity contribution in [2.45, 2.75) is 71.4 Å². The van der Waals surface area contributed by atoms with Gasteiger partial charge in [0.1, 0.15) is 0 Å². The van der Waals surface area contributed by atoms with Crippen LogP contribution >= 0.6 is 24.8 Å². The summed E-state index contributed by atoms with van der Waals surface area (Å²) in [6, 6.07) is 0.416. The summed E-state index contributed by atoms with van der Waals surface area (Å²) in [6.07, 6.45) is 4.93. The average Bonchev–Trinajstić information content (AvgIpc) is 2.84. The third-order valence-corrected chi connectivity index (χ3v) is 4.52. The van der Waals surface area contributed by atoms with E-state index in [0.717, 1.165) is 51.7 Å². The minimum atomic E-state index is -0.606. The molecule has 1 aliphatic carbocycles. The van der Waals surface area contributed by atoms with Crippen LogP contribution in [0.5, 0.6) is 0 Å². The molecule has 1 amide bonds. The Morgan fingerprint density at radius 3 is 2.09 bits per heavy atom. The number of likely N-dealkylation sites (N-methyl/N-ethyl adjacent to an activating group) is 1. The predicted molar refractivity (Wildman–Crippen MR) is 99.1 cm³/mol. The smallest absolute Gasteiger partial charge is 0.240 e. The normalized spacial score (nSPS) is 17.8. The molecule has 22 heavy (non-hydrogen) atoms. The van der Waals surface area contributed by atoms with E-state index in [9.17, 15) is 4.79 Å². The lowest BCUT2D eigenvalue weighted by molar-refractivity contribution is -0.126. The van der Waals surface area contributed by atoms with Gasteiger partial charge in [0.25, 0.3) is 0 Å². The largest absolute Gasteiger partial charge is 0.353 e. The maximum Gasteiger partial charge on any atom is 0.240 e. The maximum atomic E-state index is 12.3. The lowest BCUT2D eigenvalue weighted by Gasteiger charge is -2.32. The van der Waals surface area contributed by atoms with Crippen molar-refractivity contribution in [3.63, 3.8) is 0 Å². The molecule has 0 aromatic rings. The number of rotatable bonds is 8. The van der Waals surface area contributed by atoms with Crippen molar-refractivity contribution in [1.82, 2.24) is 10.2 Å². The molecule has 3 N–H and O–H groups in total. The first kappa shape index (κ1) is 24.2. The highest BCUT2D eigenvalue weighted by Gasteiger charge is 2.37. The van der Waals surface area contributed by atoms with Crippen LogP contribution in [0, 0.1) is 5.92 Å². The van der Waals surface area contributed by atoms with E-state index in [1.165, 1.54) is 0 Å². The van der Waals surface area contributed by atoms with Gasteiger partial charge in [0.05, 0.1) is 5.54 Å². The molecular formula is C16H35Cl2N3O. The van der Waals surface area contributed by atoms with Gasteiger partial charge in [-0.05, 0) is 38.3 Å². The van der Waals surface area contributed by atoms with Crippen LogP contribution in [0.1, 0.15) is 59.8 Å². The fraction of sp³-hybridized carbons (Fsp3) is 0.938. The Balaban J connectivity index is 0. The molecule has 4 nitrogen and oxygen atoms in total. The summed E-state index contributed by atoms with van der Waals surface area (Å²) in [7, 11) is 0. The van der Waals surface area contributed by atoms with Crippen molar-refractivity contribution in [2.24, 2.45) is 11.7 Å². The van der Waals surface area contributed by atoms with E-state index in [4.69, 9.17) is 5.73 Å². The Bertz CT molecular complexity index is 304. The minimum absolute atomic E-state index is 0. The third kappa shape index (κ3) is 7.03. The van der Waals surface area contributed by atoms with E-state index in [-0.39, 0.29) is 30.7 Å². The molecule has 0 aliphatic heterocycles. The van der Waals surface area contributed by atoms with Gasteiger partial charge in [0.15, 0.2) is 0 Å². The van der Waals surface area contributed by atoms with Crippen molar-refractivity contribution in [2.75, 3.05) is 19.6 Å². The molecule has 1 saturated carbocycles. The molecule has 0 radical (unpaired) electrons. The van der Waals surface area contributed by atoms with Gasteiger partial charge in [-0.3, -0.25) is 9.69 Å². The molecule has 6 heteroatoms. The Morgan fingerprint density at radius 1 is 1.18 bits per heavy atom. The van der Waals surface area contributed by atoms with Gasteiger partial charge < -0.3 is 11.1 Å². The Hall–Kier alpha value is -0.0300. The summed E-state index contributed by atoms with van der Waals surface area (Å²) in [5.41, 5.74) is 5.60. The van der Waals surface area contributed by atoms with Crippen LogP contribution < -0.4 is 11.1 Å². The molecule has 1 unspecified atom stereocenters. The molecule has 1 rings (SSSR count). The lowest BCUT2D eigenvalue weighted by atomic mass is 9.97. The van der Waals surface area contributed by atoms with Crippen LogP contribution in [-0.2, 0) is 4.79 Å². The molecule has 0 heterocycles. The number of carbonyl (C=O) groups excluding carboxylic acids is 1. The fourth-order valence-electron chi connectivity index (χ4n) is 3.27. The van der Waals surface area contributed by atoms with Crippen molar-refractivity contribution in [3.8, 4) is 0 Å². The zero-order valence-electron chi connectivity index (χ0n) is 14.6. The van der Waals surface area contributed by atoms with Crippen LogP contribution in [0.15, 0.2) is 0 Å². The topological polar surface area (TPSA) is 58.4 Å². The molecule has 0 bridgehead atoms. The summed E-state index contributed by atoms with van der Waals surface area (Å²) in [5.74, 6) is 0.687. The summed E-state index contributed by atoms with van der Waals surface area (Å²) >= 11 is 0. The molecule has 0 aromatic carbocycles. The number of hydrogen-bond acceptors (Lipinski definition) is 3. The highest BCUT2D eigenvalue weighted by Crippen LogP contribution is 2.27. The molecule has 0 spiro atoms. The summed E-state index contributed by atoms with van der Waals surface area (Å²) in [4.78, 5) is 14.7. The third-order valence-electron chi connectivity index (χ3n) is 4.52. The molecule has 1 aliphatic rings. The second-order valence-electron chi connectivity index (χ2n) is 6.58. The molecule has 1 fully saturated rings. The number of hydrogen-bond donors (Lipinski definition) is 2. The Morgan fingerprint density at radius 2 is 1.68 bits per heavy atom. The van der Waals surface area contributed by atoms with Gasteiger partial charge in [-0.1, -0.05) is 40.5 Å². The highest BCUT2D eigenvalue weighted by molar-refractivity contribution is 5.86. The quantitative estimate of drug-likeness (QED) is 0.703. The fourth-order valence-corrected chi connectivity index (χ4v) is 3.27. The van der Waals surface area contributed by atoms with E-state index in [1.807, 2.05) is 0 Å². The number of carbonyl (C=O) groups is 1. The standard InChI is InChI=1S/C16H33N3O.2ClH/c1-5-19(6-2)14(11-13(3)4)12-18-15(20)16(17)9-7-8-10-16;;/h13-14H,5-12,17H2,1-4H3,(H,18,20);2*1H. The van der Waals surface area contributed by atoms with E-state index in [1.54, 1.807) is 0 Å². The second kappa shape index (κ2) is 11.5. The number of nitrogens with zero attached hydrogens (tertiary/aromatic N) is 1. The van der Waals surface area contributed by atoms with Gasteiger partial charge >= 0.3 is 0 Å². The summed E-state index contributed by atoms with van der Waals surface area (Å²) < 4.78 is 0. The SMILES string of the molecule is CCN(CC)C(CNC(=O)C1(N)CCCC1)CC(C)C.Cl.Cl. The molecular weight excluding hydrogens is 321 g/mol. The Labute approximate surface area is 148 Å². The number of amides is 1. The highest BCUT2D eigenvalue weighted by atomic mass is 35.5. The zero-order chi connectivity index (χ0) is 15.2.